The van der Waals surface area contributed by atoms with Gasteiger partial charge in [0.1, 0.15) is 11.4 Å². The first-order chi connectivity index (χ1) is 20.2. The van der Waals surface area contributed by atoms with Gasteiger partial charge in [0.25, 0.3) is 11.5 Å². The molecule has 3 heterocycles. The van der Waals surface area contributed by atoms with Crippen LogP contribution < -0.4 is 21.9 Å². The Balaban J connectivity index is 1.59. The highest BCUT2D eigenvalue weighted by Crippen LogP contribution is 2.26. The monoisotopic (exact) mass is 564 g/mol. The summed E-state index contributed by atoms with van der Waals surface area (Å²) in [7, 11) is 3.44. The number of hydrogen-bond donors (Lipinski definition) is 3. The largest absolute Gasteiger partial charge is 0.381 e. The second-order valence-corrected chi connectivity index (χ2v) is 10.0. The van der Waals surface area contributed by atoms with Crippen molar-refractivity contribution in [2.24, 2.45) is 14.1 Å². The number of nitrogens with one attached hydrogen (secondary N) is 2. The molecule has 42 heavy (non-hydrogen) atoms. The second kappa shape index (κ2) is 11.6. The Morgan fingerprint density at radius 2 is 1.88 bits per heavy atom. The molecule has 0 aliphatic carbocycles. The number of pyridine rings is 1. The van der Waals surface area contributed by atoms with E-state index in [1.807, 2.05) is 48.5 Å². The highest BCUT2D eigenvalue weighted by atomic mass is 16.2. The minimum absolute atomic E-state index is 0.0411. The van der Waals surface area contributed by atoms with Gasteiger partial charge in [-0.1, -0.05) is 42.5 Å². The summed E-state index contributed by atoms with van der Waals surface area (Å²) in [5.74, 6) is -0.0434. The molecular formula is C31H32N8O3. The molecule has 0 radical (unpaired) electrons. The van der Waals surface area contributed by atoms with Gasteiger partial charge in [-0.3, -0.25) is 28.3 Å². The molecule has 1 atom stereocenters. The normalized spacial score (nSPS) is 11.8. The van der Waals surface area contributed by atoms with Crippen LogP contribution in [0.1, 0.15) is 44.9 Å². The van der Waals surface area contributed by atoms with Crippen LogP contribution in [0.25, 0.3) is 16.5 Å². The maximum atomic E-state index is 14.3. The number of nitrogens with two attached hydrogens (primary N) is 1. The number of Topliss-reactive ketones (excluding diaryl/α,β-unsaturated/α-hetero) is 1. The Kier molecular flexibility index (Phi) is 7.74. The standard InChI is InChI=1S/C31H32N8O3/c1-5-14-33-29-27(28(32)36-38(29)4)30(41)35-19(2)24-15-20-10-9-11-21(16-25(40)22-17-34-37(3)18-22)26(20)31(42)39(24)23-12-7-6-8-13-23/h5-13,15,17-19,33H,1,14,16H2,2-4H3,(H2,32,36)(H,35,41). The fourth-order valence-corrected chi connectivity index (χ4v) is 5.09. The lowest BCUT2D eigenvalue weighted by molar-refractivity contribution is 0.0939. The topological polar surface area (TPSA) is 142 Å². The number of fused-ring (bicyclic) bond motifs is 1. The first-order valence-electron chi connectivity index (χ1n) is 13.4. The Morgan fingerprint density at radius 1 is 1.12 bits per heavy atom. The van der Waals surface area contributed by atoms with E-state index >= 15 is 0 Å². The van der Waals surface area contributed by atoms with Crippen LogP contribution in [0.4, 0.5) is 11.6 Å². The maximum absolute atomic E-state index is 14.3. The maximum Gasteiger partial charge on any atom is 0.263 e. The number of hydrogen-bond acceptors (Lipinski definition) is 7. The van der Waals surface area contributed by atoms with Crippen molar-refractivity contribution >= 4 is 34.1 Å². The molecular weight excluding hydrogens is 532 g/mol. The molecule has 1 unspecified atom stereocenters. The van der Waals surface area contributed by atoms with Gasteiger partial charge in [0.15, 0.2) is 11.6 Å². The van der Waals surface area contributed by atoms with Crippen molar-refractivity contribution < 1.29 is 9.59 Å². The van der Waals surface area contributed by atoms with E-state index in [4.69, 9.17) is 5.73 Å². The highest BCUT2D eigenvalue weighted by Gasteiger charge is 2.25. The van der Waals surface area contributed by atoms with Gasteiger partial charge in [-0.2, -0.15) is 10.2 Å². The summed E-state index contributed by atoms with van der Waals surface area (Å²) in [6.45, 7) is 5.92. The van der Waals surface area contributed by atoms with E-state index in [2.05, 4.69) is 27.4 Å². The Hall–Kier alpha value is -5.45. The average molecular weight is 565 g/mol. The summed E-state index contributed by atoms with van der Waals surface area (Å²) in [4.78, 5) is 40.8. The quantitative estimate of drug-likeness (QED) is 0.174. The number of carbonyl (C=O) groups is 2. The number of amides is 1. The number of nitrogens with zero attached hydrogens (tertiary/aromatic N) is 5. The molecule has 0 aliphatic rings. The summed E-state index contributed by atoms with van der Waals surface area (Å²) in [6.07, 6.45) is 4.89. The van der Waals surface area contributed by atoms with Crippen molar-refractivity contribution in [1.82, 2.24) is 29.4 Å². The molecule has 11 heteroatoms. The molecule has 4 N–H and O–H groups in total. The number of anilines is 2. The number of aryl methyl sites for hydroxylation is 2. The van der Waals surface area contributed by atoms with Gasteiger partial charge < -0.3 is 16.4 Å². The van der Waals surface area contributed by atoms with E-state index in [9.17, 15) is 14.4 Å². The Bertz CT molecular complexity index is 1870. The summed E-state index contributed by atoms with van der Waals surface area (Å²) in [6, 6.07) is 15.9. The second-order valence-electron chi connectivity index (χ2n) is 10.0. The highest BCUT2D eigenvalue weighted by molar-refractivity contribution is 6.03. The van der Waals surface area contributed by atoms with E-state index in [-0.39, 0.29) is 29.1 Å². The molecule has 0 spiro atoms. The van der Waals surface area contributed by atoms with Crippen LogP contribution in [0.2, 0.25) is 0 Å². The van der Waals surface area contributed by atoms with Crippen molar-refractivity contribution in [1.29, 1.82) is 0 Å². The molecule has 5 rings (SSSR count). The molecule has 0 fully saturated rings. The summed E-state index contributed by atoms with van der Waals surface area (Å²) >= 11 is 0. The number of carbonyl (C=O) groups excluding carboxylic acids is 2. The average Bonchev–Trinajstić information content (AvgIpc) is 3.53. The van der Waals surface area contributed by atoms with Crippen LogP contribution in [0.15, 0.2) is 84.4 Å². The predicted molar refractivity (Wildman–Crippen MR) is 163 cm³/mol. The van der Waals surface area contributed by atoms with Gasteiger partial charge in [0.2, 0.25) is 0 Å². The van der Waals surface area contributed by atoms with Gasteiger partial charge in [-0.15, -0.1) is 6.58 Å². The first-order valence-corrected chi connectivity index (χ1v) is 13.4. The number of aromatic nitrogens is 5. The summed E-state index contributed by atoms with van der Waals surface area (Å²) in [5, 5.41) is 15.5. The fourth-order valence-electron chi connectivity index (χ4n) is 5.09. The summed E-state index contributed by atoms with van der Waals surface area (Å²) in [5.41, 5.74) is 8.29. The molecule has 0 bridgehead atoms. The molecule has 1 amide bonds. The molecule has 214 valence electrons. The molecule has 2 aromatic carbocycles. The van der Waals surface area contributed by atoms with Gasteiger partial charge in [0.05, 0.1) is 23.2 Å². The Morgan fingerprint density at radius 3 is 2.57 bits per heavy atom. The van der Waals surface area contributed by atoms with E-state index in [0.29, 0.717) is 45.6 Å². The lowest BCUT2D eigenvalue weighted by Crippen LogP contribution is -2.33. The van der Waals surface area contributed by atoms with Gasteiger partial charge in [-0.05, 0) is 36.1 Å². The van der Waals surface area contributed by atoms with Gasteiger partial charge in [0, 0.05) is 44.6 Å². The van der Waals surface area contributed by atoms with Crippen molar-refractivity contribution in [3.8, 4) is 5.69 Å². The smallest absolute Gasteiger partial charge is 0.263 e. The molecule has 11 nitrogen and oxygen atoms in total. The number of nitrogen functional groups attached to an aromatic ring is 1. The SMILES string of the molecule is C=CCNc1c(C(=O)NC(C)c2cc3cccc(CC(=O)c4cnn(C)c4)c3c(=O)n2-c2ccccc2)c(N)nn1C. The van der Waals surface area contributed by atoms with Crippen LogP contribution in [-0.4, -0.2) is 42.4 Å². The van der Waals surface area contributed by atoms with E-state index in [0.717, 1.165) is 0 Å². The lowest BCUT2D eigenvalue weighted by atomic mass is 9.98. The van der Waals surface area contributed by atoms with Crippen molar-refractivity contribution in [2.75, 3.05) is 17.6 Å². The zero-order valence-electron chi connectivity index (χ0n) is 23.7. The van der Waals surface area contributed by atoms with Crippen molar-refractivity contribution in [2.45, 2.75) is 19.4 Å². The zero-order chi connectivity index (χ0) is 30.0. The number of para-hydroxylation sites is 1. The van der Waals surface area contributed by atoms with E-state index in [1.165, 1.54) is 10.9 Å². The molecule has 0 aliphatic heterocycles. The third-order valence-electron chi connectivity index (χ3n) is 7.06. The summed E-state index contributed by atoms with van der Waals surface area (Å²) < 4.78 is 4.65. The van der Waals surface area contributed by atoms with Crippen LogP contribution in [0.5, 0.6) is 0 Å². The first kappa shape index (κ1) is 28.1. The third-order valence-corrected chi connectivity index (χ3v) is 7.06. The van der Waals surface area contributed by atoms with Crippen LogP contribution in [-0.2, 0) is 20.5 Å². The number of benzene rings is 2. The molecule has 5 aromatic rings. The zero-order valence-corrected chi connectivity index (χ0v) is 23.7. The molecule has 3 aromatic heterocycles. The van der Waals surface area contributed by atoms with Gasteiger partial charge >= 0.3 is 0 Å². The molecule has 0 saturated heterocycles. The third kappa shape index (κ3) is 5.31. The van der Waals surface area contributed by atoms with Crippen LogP contribution in [0.3, 0.4) is 0 Å². The van der Waals surface area contributed by atoms with Crippen molar-refractivity contribution in [3.63, 3.8) is 0 Å². The number of rotatable bonds is 10. The van der Waals surface area contributed by atoms with Crippen molar-refractivity contribution in [3.05, 3.63) is 112 Å². The lowest BCUT2D eigenvalue weighted by Gasteiger charge is -2.22. The van der Waals surface area contributed by atoms with E-state index in [1.54, 1.807) is 48.6 Å². The predicted octanol–water partition coefficient (Wildman–Crippen LogP) is 3.55. The van der Waals surface area contributed by atoms with Crippen LogP contribution >= 0.6 is 0 Å². The van der Waals surface area contributed by atoms with Crippen LogP contribution in [0, 0.1) is 0 Å². The fraction of sp³-hybridized carbons (Fsp3) is 0.194. The minimum atomic E-state index is -0.609. The molecule has 0 saturated carbocycles. The minimum Gasteiger partial charge on any atom is -0.381 e. The number of ketones is 1. The Labute approximate surface area is 242 Å². The van der Waals surface area contributed by atoms with E-state index < -0.39 is 11.9 Å². The van der Waals surface area contributed by atoms with Gasteiger partial charge in [-0.25, -0.2) is 0 Å².